The van der Waals surface area contributed by atoms with E-state index >= 15 is 4.39 Å². The van der Waals surface area contributed by atoms with Gasteiger partial charge in [0.1, 0.15) is 23.0 Å². The topological polar surface area (TPSA) is 103 Å². The van der Waals surface area contributed by atoms with E-state index in [1.165, 1.54) is 18.2 Å². The second-order valence-corrected chi connectivity index (χ2v) is 9.03. The lowest BCUT2D eigenvalue weighted by Crippen LogP contribution is -2.51. The number of nitrogen functional groups attached to an aromatic ring is 1. The first kappa shape index (κ1) is 22.3. The monoisotopic (exact) mass is 468 g/mol. The Labute approximate surface area is 194 Å². The minimum Gasteiger partial charge on any atom is -0.397 e. The number of hydrogen-bond donors (Lipinski definition) is 3. The summed E-state index contributed by atoms with van der Waals surface area (Å²) in [5.41, 5.74) is 7.28. The molecule has 1 aliphatic rings. The van der Waals surface area contributed by atoms with Crippen LogP contribution in [0.4, 0.5) is 20.2 Å². The van der Waals surface area contributed by atoms with Crippen molar-refractivity contribution < 1.29 is 13.5 Å². The standard InChI is InChI=1S/C24H26F2N6O2/c1-12-11-34-13(9-31(2)3)10-32(12)19-8-18-17(7-15(19)26)28-23(29-18)21-22(27)20-14(25)5-4-6-16(20)30-24(21)33/h4-8,12-13H,9-11H2,1-3H3,(H,28,29)(H3,27,30,33)/t12-,13+/m0/s1. The van der Waals surface area contributed by atoms with Gasteiger partial charge in [0.2, 0.25) is 0 Å². The third-order valence-corrected chi connectivity index (χ3v) is 6.20. The molecular weight excluding hydrogens is 442 g/mol. The maximum atomic E-state index is 15.2. The third-order valence-electron chi connectivity index (χ3n) is 6.20. The number of H-pyrrole nitrogens is 2. The van der Waals surface area contributed by atoms with Gasteiger partial charge in [0.15, 0.2) is 0 Å². The fourth-order valence-corrected chi connectivity index (χ4v) is 4.60. The Bertz CT molecular complexity index is 1450. The maximum absolute atomic E-state index is 15.2. The number of anilines is 2. The number of hydrogen-bond acceptors (Lipinski definition) is 6. The van der Waals surface area contributed by atoms with Crippen molar-refractivity contribution in [2.75, 3.05) is 44.4 Å². The molecule has 4 N–H and O–H groups in total. The number of morpholine rings is 1. The number of nitrogens with one attached hydrogen (secondary N) is 2. The average Bonchev–Trinajstić information content (AvgIpc) is 3.16. The van der Waals surface area contributed by atoms with Crippen LogP contribution in [-0.2, 0) is 4.74 Å². The molecule has 3 heterocycles. The lowest BCUT2D eigenvalue weighted by atomic mass is 10.1. The third kappa shape index (κ3) is 3.78. The van der Waals surface area contributed by atoms with Crippen molar-refractivity contribution in [2.24, 2.45) is 0 Å². The van der Waals surface area contributed by atoms with E-state index in [0.29, 0.717) is 35.4 Å². The van der Waals surface area contributed by atoms with Crippen molar-refractivity contribution in [1.29, 1.82) is 0 Å². The van der Waals surface area contributed by atoms with Gasteiger partial charge in [0.25, 0.3) is 5.56 Å². The molecule has 1 saturated heterocycles. The maximum Gasteiger partial charge on any atom is 0.261 e. The Hall–Kier alpha value is -3.50. The first-order valence-corrected chi connectivity index (χ1v) is 11.1. The Morgan fingerprint density at radius 2 is 2.00 bits per heavy atom. The van der Waals surface area contributed by atoms with Gasteiger partial charge in [-0.05, 0) is 39.2 Å². The van der Waals surface area contributed by atoms with Crippen LogP contribution in [0.2, 0.25) is 0 Å². The van der Waals surface area contributed by atoms with Crippen molar-refractivity contribution in [3.05, 3.63) is 52.3 Å². The molecular formula is C24H26F2N6O2. The number of pyridine rings is 1. The van der Waals surface area contributed by atoms with Gasteiger partial charge in [0, 0.05) is 25.2 Å². The highest BCUT2D eigenvalue weighted by Crippen LogP contribution is 2.33. The van der Waals surface area contributed by atoms with Crippen LogP contribution in [0, 0.1) is 11.6 Å². The second-order valence-electron chi connectivity index (χ2n) is 9.03. The molecule has 10 heteroatoms. The van der Waals surface area contributed by atoms with E-state index in [9.17, 15) is 9.18 Å². The highest BCUT2D eigenvalue weighted by atomic mass is 19.1. The van der Waals surface area contributed by atoms with E-state index in [-0.39, 0.29) is 34.6 Å². The van der Waals surface area contributed by atoms with Crippen LogP contribution in [-0.4, -0.2) is 65.8 Å². The first-order valence-electron chi connectivity index (χ1n) is 11.1. The number of benzene rings is 2. The molecule has 5 rings (SSSR count). The second kappa shape index (κ2) is 8.37. The number of imidazole rings is 1. The van der Waals surface area contributed by atoms with Gasteiger partial charge < -0.3 is 30.2 Å². The van der Waals surface area contributed by atoms with Crippen molar-refractivity contribution in [3.63, 3.8) is 0 Å². The van der Waals surface area contributed by atoms with E-state index in [4.69, 9.17) is 10.5 Å². The molecule has 0 aliphatic carbocycles. The van der Waals surface area contributed by atoms with Crippen molar-refractivity contribution in [2.45, 2.75) is 19.1 Å². The van der Waals surface area contributed by atoms with Crippen LogP contribution in [0.3, 0.4) is 0 Å². The fraction of sp³-hybridized carbons (Fsp3) is 0.333. The van der Waals surface area contributed by atoms with Crippen LogP contribution < -0.4 is 16.2 Å². The number of halogens is 2. The molecule has 1 aliphatic heterocycles. The summed E-state index contributed by atoms with van der Waals surface area (Å²) in [5, 5.41) is 0.110. The number of aromatic nitrogens is 3. The predicted molar refractivity (Wildman–Crippen MR) is 129 cm³/mol. The van der Waals surface area contributed by atoms with Crippen molar-refractivity contribution in [3.8, 4) is 11.4 Å². The highest BCUT2D eigenvalue weighted by Gasteiger charge is 2.29. The summed E-state index contributed by atoms with van der Waals surface area (Å²) in [7, 11) is 3.94. The number of nitrogens with zero attached hydrogens (tertiary/aromatic N) is 3. The molecule has 34 heavy (non-hydrogen) atoms. The van der Waals surface area contributed by atoms with E-state index in [0.717, 1.165) is 6.54 Å². The Balaban J connectivity index is 1.58. The number of likely N-dealkylation sites (N-methyl/N-ethyl adjacent to an activating group) is 1. The van der Waals surface area contributed by atoms with Crippen LogP contribution in [0.25, 0.3) is 33.3 Å². The van der Waals surface area contributed by atoms with E-state index in [1.807, 2.05) is 30.8 Å². The normalized spacial score (nSPS) is 18.9. The summed E-state index contributed by atoms with van der Waals surface area (Å²) >= 11 is 0. The Morgan fingerprint density at radius 1 is 1.21 bits per heavy atom. The van der Waals surface area contributed by atoms with Crippen LogP contribution in [0.1, 0.15) is 6.92 Å². The average molecular weight is 469 g/mol. The predicted octanol–water partition coefficient (Wildman–Crippen LogP) is 3.09. The minimum absolute atomic E-state index is 0.0153. The zero-order valence-corrected chi connectivity index (χ0v) is 19.2. The molecule has 2 atom stereocenters. The Kier molecular flexibility index (Phi) is 5.49. The van der Waals surface area contributed by atoms with E-state index < -0.39 is 17.2 Å². The molecule has 178 valence electrons. The van der Waals surface area contributed by atoms with Crippen LogP contribution in [0.15, 0.2) is 35.1 Å². The van der Waals surface area contributed by atoms with Gasteiger partial charge in [0.05, 0.1) is 46.0 Å². The summed E-state index contributed by atoms with van der Waals surface area (Å²) in [6.45, 7) is 3.72. The number of nitrogens with two attached hydrogens (primary N) is 1. The largest absolute Gasteiger partial charge is 0.397 e. The van der Waals surface area contributed by atoms with Crippen LogP contribution >= 0.6 is 0 Å². The van der Waals surface area contributed by atoms with Gasteiger partial charge in [-0.25, -0.2) is 13.8 Å². The molecule has 0 saturated carbocycles. The van der Waals surface area contributed by atoms with E-state index in [2.05, 4.69) is 15.0 Å². The number of ether oxygens (including phenoxy) is 1. The number of fused-ring (bicyclic) bond motifs is 2. The number of rotatable bonds is 4. The molecule has 1 fully saturated rings. The Morgan fingerprint density at radius 3 is 2.76 bits per heavy atom. The zero-order chi connectivity index (χ0) is 24.1. The lowest BCUT2D eigenvalue weighted by molar-refractivity contribution is 0.00859. The summed E-state index contributed by atoms with van der Waals surface area (Å²) in [5.74, 6) is -0.812. The SMILES string of the molecule is C[C@H]1CO[C@H](CN(C)C)CN1c1cc2nc(-c3c(N)c4c(F)cccc4[nH]c3=O)[nH]c2cc1F. The summed E-state index contributed by atoms with van der Waals surface area (Å²) in [4.78, 5) is 26.9. The molecule has 2 aromatic carbocycles. The molecule has 0 unspecified atom stereocenters. The molecule has 8 nitrogen and oxygen atoms in total. The first-order chi connectivity index (χ1) is 16.2. The fourth-order valence-electron chi connectivity index (χ4n) is 4.60. The van der Waals surface area contributed by atoms with Gasteiger partial charge in [-0.3, -0.25) is 4.79 Å². The zero-order valence-electron chi connectivity index (χ0n) is 19.2. The molecule has 0 bridgehead atoms. The highest BCUT2D eigenvalue weighted by molar-refractivity contribution is 5.98. The number of aromatic amines is 2. The van der Waals surface area contributed by atoms with Gasteiger partial charge in [-0.15, -0.1) is 0 Å². The van der Waals surface area contributed by atoms with Crippen LogP contribution in [0.5, 0.6) is 0 Å². The van der Waals surface area contributed by atoms with Gasteiger partial charge in [-0.1, -0.05) is 6.07 Å². The van der Waals surface area contributed by atoms with Crippen molar-refractivity contribution in [1.82, 2.24) is 19.9 Å². The van der Waals surface area contributed by atoms with E-state index in [1.54, 1.807) is 12.1 Å². The smallest absolute Gasteiger partial charge is 0.261 e. The lowest BCUT2D eigenvalue weighted by Gasteiger charge is -2.40. The summed E-state index contributed by atoms with van der Waals surface area (Å²) in [6, 6.07) is 7.34. The molecule has 0 radical (unpaired) electrons. The van der Waals surface area contributed by atoms with Gasteiger partial charge in [-0.2, -0.15) is 0 Å². The summed E-state index contributed by atoms with van der Waals surface area (Å²) in [6.07, 6.45) is -0.0538. The van der Waals surface area contributed by atoms with Gasteiger partial charge >= 0.3 is 0 Å². The van der Waals surface area contributed by atoms with Crippen molar-refractivity contribution >= 4 is 33.3 Å². The molecule has 0 spiro atoms. The summed E-state index contributed by atoms with van der Waals surface area (Å²) < 4.78 is 35.6. The molecule has 2 aromatic heterocycles. The minimum atomic E-state index is -0.550. The molecule has 0 amide bonds. The molecule has 4 aromatic rings. The quantitative estimate of drug-likeness (QED) is 0.425.